The number of carbonyl (C=O) groups excluding carboxylic acids is 1. The molecule has 4 nitrogen and oxygen atoms in total. The van der Waals surface area contributed by atoms with Gasteiger partial charge in [-0.3, -0.25) is 9.59 Å². The summed E-state index contributed by atoms with van der Waals surface area (Å²) in [7, 11) is 1.54. The van der Waals surface area contributed by atoms with Crippen LogP contribution in [-0.4, -0.2) is 17.9 Å². The number of benzene rings is 2. The first kappa shape index (κ1) is 14.6. The molecule has 0 fully saturated rings. The summed E-state index contributed by atoms with van der Waals surface area (Å²) in [5.74, 6) is -1.48. The predicted octanol–water partition coefficient (Wildman–Crippen LogP) is 3.25. The number of rotatable bonds is 1. The quantitative estimate of drug-likeness (QED) is 0.689. The van der Waals surface area contributed by atoms with Crippen molar-refractivity contribution in [3.63, 3.8) is 0 Å². The fourth-order valence-electron chi connectivity index (χ4n) is 3.10. The summed E-state index contributed by atoms with van der Waals surface area (Å²) in [6.07, 6.45) is 0. The molecule has 0 saturated heterocycles. The van der Waals surface area contributed by atoms with Gasteiger partial charge in [0.15, 0.2) is 5.43 Å². The summed E-state index contributed by atoms with van der Waals surface area (Å²) in [4.78, 5) is 26.6. The van der Waals surface area contributed by atoms with Gasteiger partial charge in [0.1, 0.15) is 17.2 Å². The van der Waals surface area contributed by atoms with E-state index in [9.17, 15) is 18.4 Å². The van der Waals surface area contributed by atoms with E-state index in [0.717, 1.165) is 12.1 Å². The molecule has 0 N–H and O–H groups in total. The molecule has 2 aromatic carbocycles. The molecule has 6 heteroatoms. The zero-order chi connectivity index (χ0) is 17.0. The highest BCUT2D eigenvalue weighted by atomic mass is 19.1. The number of carbonyl (C=O) groups is 1. The normalized spacial score (nSPS) is 16.7. The van der Waals surface area contributed by atoms with E-state index >= 15 is 0 Å². The summed E-state index contributed by atoms with van der Waals surface area (Å²) < 4.78 is 32.2. The number of amides is 1. The summed E-state index contributed by atoms with van der Waals surface area (Å²) in [5, 5.41) is 0.0731. The monoisotopic (exact) mass is 327 g/mol. The van der Waals surface area contributed by atoms with Crippen molar-refractivity contribution < 1.29 is 18.0 Å². The average Bonchev–Trinajstić information content (AvgIpc) is 2.82. The van der Waals surface area contributed by atoms with Gasteiger partial charge in [-0.1, -0.05) is 12.1 Å². The van der Waals surface area contributed by atoms with Crippen LogP contribution in [0.2, 0.25) is 0 Å². The van der Waals surface area contributed by atoms with E-state index in [1.54, 1.807) is 0 Å². The predicted molar refractivity (Wildman–Crippen MR) is 82.8 cm³/mol. The van der Waals surface area contributed by atoms with Crippen LogP contribution in [-0.2, 0) is 0 Å². The average molecular weight is 327 g/mol. The minimum absolute atomic E-state index is 0.0593. The molecule has 24 heavy (non-hydrogen) atoms. The molecule has 0 aliphatic carbocycles. The lowest BCUT2D eigenvalue weighted by Crippen LogP contribution is -2.25. The minimum Gasteiger partial charge on any atom is -0.450 e. The maximum atomic E-state index is 13.5. The van der Waals surface area contributed by atoms with Crippen molar-refractivity contribution in [3.8, 4) is 0 Å². The Bertz CT molecular complexity index is 1040. The summed E-state index contributed by atoms with van der Waals surface area (Å²) in [6, 6.07) is 8.41. The van der Waals surface area contributed by atoms with E-state index in [-0.39, 0.29) is 22.3 Å². The molecule has 0 bridgehead atoms. The third-order valence-corrected chi connectivity index (χ3v) is 4.25. The second-order valence-electron chi connectivity index (χ2n) is 5.68. The lowest BCUT2D eigenvalue weighted by molar-refractivity contribution is 0.0771. The molecular formula is C18H11F2NO3. The first-order chi connectivity index (χ1) is 11.5. The summed E-state index contributed by atoms with van der Waals surface area (Å²) in [5.41, 5.74) is 0.417. The van der Waals surface area contributed by atoms with Crippen LogP contribution >= 0.6 is 0 Å². The number of halogens is 2. The molecule has 1 aliphatic rings. The molecule has 0 saturated carbocycles. The third-order valence-electron chi connectivity index (χ3n) is 4.25. The molecule has 1 amide bonds. The lowest BCUT2D eigenvalue weighted by Gasteiger charge is -2.20. The molecule has 2 heterocycles. The van der Waals surface area contributed by atoms with Gasteiger partial charge in [0.25, 0.3) is 5.91 Å². The maximum Gasteiger partial charge on any atom is 0.290 e. The van der Waals surface area contributed by atoms with Gasteiger partial charge < -0.3 is 9.32 Å². The molecule has 1 aromatic heterocycles. The molecule has 1 aliphatic heterocycles. The number of hydrogen-bond acceptors (Lipinski definition) is 3. The van der Waals surface area contributed by atoms with Crippen LogP contribution in [0.4, 0.5) is 8.78 Å². The van der Waals surface area contributed by atoms with Gasteiger partial charge in [-0.2, -0.15) is 0 Å². The van der Waals surface area contributed by atoms with Crippen molar-refractivity contribution in [2.45, 2.75) is 6.04 Å². The second-order valence-corrected chi connectivity index (χ2v) is 5.68. The molecule has 0 unspecified atom stereocenters. The largest absolute Gasteiger partial charge is 0.450 e. The Balaban J connectivity index is 2.03. The van der Waals surface area contributed by atoms with Gasteiger partial charge in [0.05, 0.1) is 17.0 Å². The van der Waals surface area contributed by atoms with Crippen molar-refractivity contribution >= 4 is 16.9 Å². The fraction of sp³-hybridized carbons (Fsp3) is 0.111. The Morgan fingerprint density at radius 1 is 1.00 bits per heavy atom. The minimum atomic E-state index is -0.697. The van der Waals surface area contributed by atoms with Crippen molar-refractivity contribution in [3.05, 3.63) is 81.2 Å². The Hall–Kier alpha value is -3.02. The van der Waals surface area contributed by atoms with Gasteiger partial charge in [0, 0.05) is 7.05 Å². The zero-order valence-electron chi connectivity index (χ0n) is 12.5. The topological polar surface area (TPSA) is 50.5 Å². The Morgan fingerprint density at radius 2 is 1.67 bits per heavy atom. The van der Waals surface area contributed by atoms with Crippen molar-refractivity contribution in [1.29, 1.82) is 0 Å². The van der Waals surface area contributed by atoms with E-state index in [2.05, 4.69) is 0 Å². The number of hydrogen-bond donors (Lipinski definition) is 0. The molecular weight excluding hydrogens is 316 g/mol. The molecule has 0 radical (unpaired) electrons. The highest BCUT2D eigenvalue weighted by molar-refractivity contribution is 5.98. The Labute approximate surface area is 134 Å². The molecule has 120 valence electrons. The van der Waals surface area contributed by atoms with E-state index in [0.29, 0.717) is 5.56 Å². The highest BCUT2D eigenvalue weighted by Gasteiger charge is 2.40. The standard InChI is InChI=1S/C18H11F2NO3/c1-21-15(9-2-4-10(19)5-3-9)14-16(22)12-8-11(20)6-7-13(12)24-17(14)18(21)23/h2-8,15H,1H3/t15-/m1/s1. The Morgan fingerprint density at radius 3 is 2.38 bits per heavy atom. The van der Waals surface area contributed by atoms with Gasteiger partial charge in [-0.15, -0.1) is 0 Å². The smallest absolute Gasteiger partial charge is 0.290 e. The van der Waals surface area contributed by atoms with Gasteiger partial charge in [-0.05, 0) is 35.9 Å². The van der Waals surface area contributed by atoms with E-state index in [1.807, 2.05) is 0 Å². The van der Waals surface area contributed by atoms with Crippen molar-refractivity contribution in [2.75, 3.05) is 7.05 Å². The second kappa shape index (κ2) is 4.99. The summed E-state index contributed by atoms with van der Waals surface area (Å²) >= 11 is 0. The molecule has 3 aromatic rings. The van der Waals surface area contributed by atoms with Crippen LogP contribution in [0.3, 0.4) is 0 Å². The lowest BCUT2D eigenvalue weighted by atomic mass is 9.99. The van der Waals surface area contributed by atoms with Crippen molar-refractivity contribution in [1.82, 2.24) is 4.90 Å². The molecule has 0 spiro atoms. The van der Waals surface area contributed by atoms with Crippen LogP contribution in [0.1, 0.15) is 27.7 Å². The summed E-state index contributed by atoms with van der Waals surface area (Å²) in [6.45, 7) is 0. The Kier molecular flexibility index (Phi) is 3.03. The van der Waals surface area contributed by atoms with E-state index in [4.69, 9.17) is 4.42 Å². The number of nitrogens with zero attached hydrogens (tertiary/aromatic N) is 1. The first-order valence-electron chi connectivity index (χ1n) is 7.26. The third kappa shape index (κ3) is 1.96. The van der Waals surface area contributed by atoms with Gasteiger partial charge in [0.2, 0.25) is 5.76 Å². The van der Waals surface area contributed by atoms with E-state index < -0.39 is 29.0 Å². The number of fused-ring (bicyclic) bond motifs is 2. The van der Waals surface area contributed by atoms with Crippen LogP contribution < -0.4 is 5.43 Å². The first-order valence-corrected chi connectivity index (χ1v) is 7.26. The van der Waals surface area contributed by atoms with Gasteiger partial charge in [-0.25, -0.2) is 8.78 Å². The van der Waals surface area contributed by atoms with Crippen LogP contribution in [0, 0.1) is 11.6 Å². The van der Waals surface area contributed by atoms with Crippen LogP contribution in [0.5, 0.6) is 0 Å². The highest BCUT2D eigenvalue weighted by Crippen LogP contribution is 2.36. The van der Waals surface area contributed by atoms with Crippen molar-refractivity contribution in [2.24, 2.45) is 0 Å². The molecule has 1 atom stereocenters. The van der Waals surface area contributed by atoms with Crippen LogP contribution in [0.25, 0.3) is 11.0 Å². The van der Waals surface area contributed by atoms with Gasteiger partial charge >= 0.3 is 0 Å². The SMILES string of the molecule is CN1C(=O)c2oc3ccc(F)cc3c(=O)c2[C@H]1c1ccc(F)cc1. The zero-order valence-corrected chi connectivity index (χ0v) is 12.5. The van der Waals surface area contributed by atoms with Crippen LogP contribution in [0.15, 0.2) is 51.7 Å². The maximum absolute atomic E-state index is 13.5. The van der Waals surface area contributed by atoms with E-state index in [1.165, 1.54) is 42.3 Å². The fourth-order valence-corrected chi connectivity index (χ4v) is 3.10. The molecule has 4 rings (SSSR count).